The van der Waals surface area contributed by atoms with Crippen molar-refractivity contribution in [2.24, 2.45) is 0 Å². The minimum Gasteiger partial charge on any atom is -0.388 e. The normalized spacial score (nSPS) is 16.1. The van der Waals surface area contributed by atoms with E-state index in [-0.39, 0.29) is 12.5 Å². The van der Waals surface area contributed by atoms with Gasteiger partial charge in [-0.15, -0.1) is 0 Å². The largest absolute Gasteiger partial charge is 0.388 e. The predicted octanol–water partition coefficient (Wildman–Crippen LogP) is 2.59. The Morgan fingerprint density at radius 1 is 1.27 bits per heavy atom. The number of nitrogens with zero attached hydrogens (tertiary/aromatic N) is 1. The highest BCUT2D eigenvalue weighted by atomic mass is 35.5. The molecule has 1 aliphatic rings. The number of carbonyl (C=O) groups is 1. The highest BCUT2D eigenvalue weighted by Crippen LogP contribution is 2.28. The second-order valence-electron chi connectivity index (χ2n) is 6.58. The number of carbonyl (C=O) groups excluding carboxylic acids is 1. The van der Waals surface area contributed by atoms with Crippen LogP contribution in [0, 0.1) is 0 Å². The minimum atomic E-state index is -0.841. The summed E-state index contributed by atoms with van der Waals surface area (Å²) in [6.45, 7) is 0.206. The van der Waals surface area contributed by atoms with E-state index in [9.17, 15) is 14.7 Å². The maximum Gasteiger partial charge on any atom is 0.346 e. The predicted molar refractivity (Wildman–Crippen MR) is 100.0 cm³/mol. The summed E-state index contributed by atoms with van der Waals surface area (Å²) < 4.78 is 0. The minimum absolute atomic E-state index is 0.206. The molecule has 1 saturated carbocycles. The van der Waals surface area contributed by atoms with Gasteiger partial charge >= 0.3 is 5.69 Å². The summed E-state index contributed by atoms with van der Waals surface area (Å²) in [5, 5.41) is 16.6. The number of H-pyrrole nitrogens is 1. The van der Waals surface area contributed by atoms with Gasteiger partial charge in [-0.05, 0) is 37.1 Å². The van der Waals surface area contributed by atoms with E-state index in [2.05, 4.69) is 20.6 Å². The van der Waals surface area contributed by atoms with Gasteiger partial charge < -0.3 is 15.7 Å². The average Bonchev–Trinajstić information content (AvgIpc) is 2.62. The molecule has 0 aliphatic heterocycles. The summed E-state index contributed by atoms with van der Waals surface area (Å²) in [4.78, 5) is 29.9. The fraction of sp³-hybridized carbons (Fsp3) is 0.389. The Balaban J connectivity index is 1.70. The third kappa shape index (κ3) is 4.62. The molecule has 3 rings (SSSR count). The molecule has 1 amide bonds. The molecule has 1 aromatic carbocycles. The first kappa shape index (κ1) is 18.4. The number of nitrogens with one attached hydrogen (secondary N) is 3. The molecule has 138 valence electrons. The zero-order valence-electron chi connectivity index (χ0n) is 14.2. The number of anilines is 2. The third-order valence-electron chi connectivity index (χ3n) is 4.53. The second kappa shape index (κ2) is 7.88. The Labute approximate surface area is 155 Å². The molecule has 0 radical (unpaired) electrons. The van der Waals surface area contributed by atoms with Crippen LogP contribution >= 0.6 is 11.6 Å². The Morgan fingerprint density at radius 3 is 2.77 bits per heavy atom. The van der Waals surface area contributed by atoms with Crippen molar-refractivity contribution in [3.63, 3.8) is 0 Å². The van der Waals surface area contributed by atoms with E-state index in [4.69, 9.17) is 11.6 Å². The van der Waals surface area contributed by atoms with Crippen LogP contribution in [0.5, 0.6) is 0 Å². The first-order chi connectivity index (χ1) is 12.5. The number of aromatic nitrogens is 2. The highest BCUT2D eigenvalue weighted by molar-refractivity contribution is 6.34. The topological polar surface area (TPSA) is 107 Å². The molecule has 7 nitrogen and oxygen atoms in total. The zero-order valence-corrected chi connectivity index (χ0v) is 15.0. The van der Waals surface area contributed by atoms with Gasteiger partial charge in [0.1, 0.15) is 5.82 Å². The molecule has 4 N–H and O–H groups in total. The monoisotopic (exact) mass is 376 g/mol. The molecule has 8 heteroatoms. The number of aromatic amines is 1. The van der Waals surface area contributed by atoms with Crippen LogP contribution in [0.3, 0.4) is 0 Å². The average molecular weight is 377 g/mol. The van der Waals surface area contributed by atoms with Gasteiger partial charge in [-0.25, -0.2) is 9.78 Å². The van der Waals surface area contributed by atoms with Gasteiger partial charge in [0.05, 0.1) is 16.2 Å². The van der Waals surface area contributed by atoms with E-state index in [1.807, 2.05) is 0 Å². The van der Waals surface area contributed by atoms with E-state index >= 15 is 0 Å². The number of amides is 1. The summed E-state index contributed by atoms with van der Waals surface area (Å²) >= 11 is 6.16. The molecule has 0 unspecified atom stereocenters. The SMILES string of the molecule is O=C(NCC1(O)CCCCC1)c1cc(Nc2ccnc(=O)[nH]2)ccc1Cl. The number of hydrogen-bond acceptors (Lipinski definition) is 5. The van der Waals surface area contributed by atoms with Crippen LogP contribution < -0.4 is 16.3 Å². The van der Waals surface area contributed by atoms with Gasteiger partial charge in [0.25, 0.3) is 5.91 Å². The molecule has 1 aliphatic carbocycles. The smallest absolute Gasteiger partial charge is 0.346 e. The van der Waals surface area contributed by atoms with Crippen molar-refractivity contribution in [3.05, 3.63) is 51.5 Å². The number of aliphatic hydroxyl groups is 1. The van der Waals surface area contributed by atoms with Gasteiger partial charge in [0, 0.05) is 18.4 Å². The molecule has 2 aromatic rings. The van der Waals surface area contributed by atoms with Crippen LogP contribution in [0.2, 0.25) is 5.02 Å². The molecule has 1 heterocycles. The Bertz CT molecular complexity index is 846. The van der Waals surface area contributed by atoms with Crippen molar-refractivity contribution in [2.45, 2.75) is 37.7 Å². The Hall–Kier alpha value is -2.38. The maximum atomic E-state index is 12.5. The van der Waals surface area contributed by atoms with E-state index in [0.29, 0.717) is 34.9 Å². The lowest BCUT2D eigenvalue weighted by Gasteiger charge is -2.32. The fourth-order valence-corrected chi connectivity index (χ4v) is 3.30. The van der Waals surface area contributed by atoms with Crippen molar-refractivity contribution < 1.29 is 9.90 Å². The first-order valence-electron chi connectivity index (χ1n) is 8.58. The lowest BCUT2D eigenvalue weighted by atomic mass is 9.85. The molecule has 1 fully saturated rings. The van der Waals surface area contributed by atoms with Crippen molar-refractivity contribution in [1.29, 1.82) is 0 Å². The number of benzene rings is 1. The molecule has 1 aromatic heterocycles. The molecular weight excluding hydrogens is 356 g/mol. The van der Waals surface area contributed by atoms with Crippen LogP contribution in [-0.4, -0.2) is 33.1 Å². The molecule has 0 saturated heterocycles. The quantitative estimate of drug-likeness (QED) is 0.641. The molecule has 0 bridgehead atoms. The summed E-state index contributed by atoms with van der Waals surface area (Å²) in [6, 6.07) is 6.51. The first-order valence-corrected chi connectivity index (χ1v) is 8.95. The third-order valence-corrected chi connectivity index (χ3v) is 4.86. The molecular formula is C18H21ClN4O3. The van der Waals surface area contributed by atoms with Gasteiger partial charge in [-0.2, -0.15) is 0 Å². The van der Waals surface area contributed by atoms with E-state index in [1.54, 1.807) is 24.3 Å². The zero-order chi connectivity index (χ0) is 18.6. The second-order valence-corrected chi connectivity index (χ2v) is 6.98. The Kier molecular flexibility index (Phi) is 5.58. The maximum absolute atomic E-state index is 12.5. The number of halogens is 1. The van der Waals surface area contributed by atoms with Crippen LogP contribution in [0.25, 0.3) is 0 Å². The van der Waals surface area contributed by atoms with Crippen molar-refractivity contribution >= 4 is 29.0 Å². The number of hydrogen-bond donors (Lipinski definition) is 4. The number of rotatable bonds is 5. The molecule has 26 heavy (non-hydrogen) atoms. The van der Waals surface area contributed by atoms with E-state index in [1.165, 1.54) is 6.20 Å². The fourth-order valence-electron chi connectivity index (χ4n) is 3.10. The standard InChI is InChI=1S/C18H21ClN4O3/c19-14-5-4-12(22-15-6-9-20-17(25)23-15)10-13(14)16(24)21-11-18(26)7-2-1-3-8-18/h4-6,9-10,26H,1-3,7-8,11H2,(H,21,24)(H2,20,22,23,25). The van der Waals surface area contributed by atoms with Gasteiger partial charge in [0.15, 0.2) is 0 Å². The summed E-state index contributed by atoms with van der Waals surface area (Å²) in [5.74, 6) is 0.107. The molecule has 0 atom stereocenters. The van der Waals surface area contributed by atoms with Gasteiger partial charge in [-0.1, -0.05) is 30.9 Å². The Morgan fingerprint density at radius 2 is 2.04 bits per heavy atom. The van der Waals surface area contributed by atoms with Crippen LogP contribution in [0.15, 0.2) is 35.3 Å². The van der Waals surface area contributed by atoms with Crippen molar-refractivity contribution in [1.82, 2.24) is 15.3 Å². The van der Waals surface area contributed by atoms with Crippen molar-refractivity contribution in [2.75, 3.05) is 11.9 Å². The van der Waals surface area contributed by atoms with Crippen LogP contribution in [0.1, 0.15) is 42.5 Å². The summed E-state index contributed by atoms with van der Waals surface area (Å²) in [6.07, 6.45) is 5.83. The lowest BCUT2D eigenvalue weighted by molar-refractivity contribution is 0.00526. The van der Waals surface area contributed by atoms with Crippen molar-refractivity contribution in [3.8, 4) is 0 Å². The van der Waals surface area contributed by atoms with Crippen LogP contribution in [-0.2, 0) is 0 Å². The van der Waals surface area contributed by atoms with E-state index < -0.39 is 11.3 Å². The molecule has 0 spiro atoms. The van der Waals surface area contributed by atoms with E-state index in [0.717, 1.165) is 19.3 Å². The van der Waals surface area contributed by atoms with Gasteiger partial charge in [0.2, 0.25) is 0 Å². The van der Waals surface area contributed by atoms with Gasteiger partial charge in [-0.3, -0.25) is 9.78 Å². The van der Waals surface area contributed by atoms with Crippen LogP contribution in [0.4, 0.5) is 11.5 Å². The highest BCUT2D eigenvalue weighted by Gasteiger charge is 2.29. The lowest BCUT2D eigenvalue weighted by Crippen LogP contribution is -2.44. The summed E-state index contributed by atoms with van der Waals surface area (Å²) in [5.41, 5.74) is -0.417. The summed E-state index contributed by atoms with van der Waals surface area (Å²) in [7, 11) is 0.